The maximum absolute atomic E-state index is 5.36. The van der Waals surface area contributed by atoms with Gasteiger partial charge < -0.3 is 4.42 Å². The average Bonchev–Trinajstić information content (AvgIpc) is 2.55. The molecular formula is C7H8BrNOS. The second-order valence-electron chi connectivity index (χ2n) is 2.56. The third-order valence-electron chi connectivity index (χ3n) is 1.77. The van der Waals surface area contributed by atoms with Crippen molar-refractivity contribution in [3.63, 3.8) is 0 Å². The van der Waals surface area contributed by atoms with Gasteiger partial charge in [-0.15, -0.1) is 0 Å². The zero-order chi connectivity index (χ0) is 7.68. The molecule has 1 aliphatic rings. The molecule has 2 heterocycles. The summed E-state index contributed by atoms with van der Waals surface area (Å²) in [5.74, 6) is 3.84. The van der Waals surface area contributed by atoms with Crippen LogP contribution in [-0.2, 0) is 0 Å². The topological polar surface area (TPSA) is 26.0 Å². The van der Waals surface area contributed by atoms with E-state index in [9.17, 15) is 0 Å². The monoisotopic (exact) mass is 233 g/mol. The van der Waals surface area contributed by atoms with Gasteiger partial charge in [-0.3, -0.25) is 0 Å². The Balaban J connectivity index is 2.15. The van der Waals surface area contributed by atoms with Gasteiger partial charge >= 0.3 is 0 Å². The van der Waals surface area contributed by atoms with Crippen LogP contribution in [0.3, 0.4) is 0 Å². The van der Waals surface area contributed by atoms with Gasteiger partial charge in [0.2, 0.25) is 0 Å². The van der Waals surface area contributed by atoms with Crippen LogP contribution in [0.1, 0.15) is 18.2 Å². The number of hydrogen-bond donors (Lipinski definition) is 0. The molecule has 0 spiro atoms. The zero-order valence-electron chi connectivity index (χ0n) is 5.92. The fourth-order valence-electron chi connectivity index (χ4n) is 1.18. The molecule has 1 aromatic rings. The van der Waals surface area contributed by atoms with E-state index in [1.807, 2.05) is 11.8 Å². The lowest BCUT2D eigenvalue weighted by molar-refractivity contribution is 0.445. The highest BCUT2D eigenvalue weighted by Gasteiger charge is 2.21. The van der Waals surface area contributed by atoms with Gasteiger partial charge in [0.15, 0.2) is 10.6 Å². The van der Waals surface area contributed by atoms with E-state index < -0.39 is 0 Å². The molecule has 2 nitrogen and oxygen atoms in total. The molecule has 4 heteroatoms. The van der Waals surface area contributed by atoms with E-state index in [2.05, 4.69) is 20.9 Å². The van der Waals surface area contributed by atoms with E-state index in [1.54, 1.807) is 6.20 Å². The van der Waals surface area contributed by atoms with Gasteiger partial charge in [0.25, 0.3) is 0 Å². The van der Waals surface area contributed by atoms with Crippen LogP contribution in [0.15, 0.2) is 15.3 Å². The summed E-state index contributed by atoms with van der Waals surface area (Å²) in [4.78, 5) is 4.17. The Morgan fingerprint density at radius 3 is 3.18 bits per heavy atom. The molecule has 1 aromatic heterocycles. The molecule has 11 heavy (non-hydrogen) atoms. The normalized spacial score (nSPS) is 24.3. The van der Waals surface area contributed by atoms with Crippen molar-refractivity contribution in [1.82, 2.24) is 4.98 Å². The Morgan fingerprint density at radius 2 is 2.64 bits per heavy atom. The third kappa shape index (κ3) is 1.62. The minimum Gasteiger partial charge on any atom is -0.434 e. The molecule has 0 saturated carbocycles. The van der Waals surface area contributed by atoms with E-state index >= 15 is 0 Å². The fourth-order valence-corrected chi connectivity index (χ4v) is 2.66. The average molecular weight is 234 g/mol. The summed E-state index contributed by atoms with van der Waals surface area (Å²) in [6.07, 6.45) is 2.93. The Kier molecular flexibility index (Phi) is 2.23. The van der Waals surface area contributed by atoms with Crippen LogP contribution in [0.4, 0.5) is 0 Å². The molecule has 1 fully saturated rings. The summed E-state index contributed by atoms with van der Waals surface area (Å²) in [5, 5.41) is 0. The third-order valence-corrected chi connectivity index (χ3v) is 3.30. The van der Waals surface area contributed by atoms with E-state index in [0.29, 0.717) is 5.92 Å². The zero-order valence-corrected chi connectivity index (χ0v) is 8.32. The number of halogens is 1. The van der Waals surface area contributed by atoms with Crippen LogP contribution in [0.2, 0.25) is 0 Å². The van der Waals surface area contributed by atoms with Crippen molar-refractivity contribution < 1.29 is 4.42 Å². The molecule has 1 atom stereocenters. The Labute approximate surface area is 77.9 Å². The summed E-state index contributed by atoms with van der Waals surface area (Å²) in [6.45, 7) is 0. The van der Waals surface area contributed by atoms with Gasteiger partial charge in [-0.05, 0) is 28.1 Å². The number of thioether (sulfide) groups is 1. The quantitative estimate of drug-likeness (QED) is 0.747. The first-order chi connectivity index (χ1) is 5.36. The predicted molar refractivity (Wildman–Crippen MR) is 48.9 cm³/mol. The Morgan fingerprint density at radius 1 is 1.73 bits per heavy atom. The fraction of sp³-hybridized carbons (Fsp3) is 0.571. The van der Waals surface area contributed by atoms with Crippen molar-refractivity contribution in [3.05, 3.63) is 16.8 Å². The summed E-state index contributed by atoms with van der Waals surface area (Å²) in [6, 6.07) is 0. The molecule has 1 saturated heterocycles. The second-order valence-corrected chi connectivity index (χ2v) is 4.49. The highest BCUT2D eigenvalue weighted by Crippen LogP contribution is 2.32. The van der Waals surface area contributed by atoms with Crippen LogP contribution in [0.25, 0.3) is 0 Å². The lowest BCUT2D eigenvalue weighted by atomic mass is 10.1. The van der Waals surface area contributed by atoms with Crippen LogP contribution in [0, 0.1) is 0 Å². The van der Waals surface area contributed by atoms with Crippen molar-refractivity contribution in [2.75, 3.05) is 11.5 Å². The molecule has 2 rings (SSSR count). The predicted octanol–water partition coefficient (Wildman–Crippen LogP) is 2.66. The minimum atomic E-state index is 0.547. The van der Waals surface area contributed by atoms with Crippen LogP contribution >= 0.6 is 27.7 Å². The van der Waals surface area contributed by atoms with Crippen molar-refractivity contribution in [3.8, 4) is 0 Å². The molecular weight excluding hydrogens is 226 g/mol. The summed E-state index contributed by atoms with van der Waals surface area (Å²) in [7, 11) is 0. The highest BCUT2D eigenvalue weighted by atomic mass is 79.9. The number of oxazole rings is 1. The SMILES string of the molecule is Brc1cnc(C2CCSC2)o1. The Bertz CT molecular complexity index is 244. The van der Waals surface area contributed by atoms with Crippen LogP contribution in [-0.4, -0.2) is 16.5 Å². The molecule has 0 bridgehead atoms. The highest BCUT2D eigenvalue weighted by molar-refractivity contribution is 9.10. The van der Waals surface area contributed by atoms with Gasteiger partial charge in [-0.25, -0.2) is 4.98 Å². The first-order valence-electron chi connectivity index (χ1n) is 3.55. The first kappa shape index (κ1) is 7.68. The van der Waals surface area contributed by atoms with Crippen molar-refractivity contribution in [2.24, 2.45) is 0 Å². The number of rotatable bonds is 1. The summed E-state index contributed by atoms with van der Waals surface area (Å²) in [5.41, 5.74) is 0. The minimum absolute atomic E-state index is 0.547. The molecule has 0 aliphatic carbocycles. The van der Waals surface area contributed by atoms with Gasteiger partial charge in [0.1, 0.15) is 0 Å². The molecule has 1 unspecified atom stereocenters. The van der Waals surface area contributed by atoms with Gasteiger partial charge in [0, 0.05) is 11.7 Å². The molecule has 1 aliphatic heterocycles. The van der Waals surface area contributed by atoms with Crippen molar-refractivity contribution in [1.29, 1.82) is 0 Å². The molecule has 0 N–H and O–H groups in total. The maximum atomic E-state index is 5.36. The lowest BCUT2D eigenvalue weighted by Gasteiger charge is -1.99. The van der Waals surface area contributed by atoms with Gasteiger partial charge in [0.05, 0.1) is 6.20 Å². The summed E-state index contributed by atoms with van der Waals surface area (Å²) >= 11 is 5.21. The number of nitrogens with zero attached hydrogens (tertiary/aromatic N) is 1. The second kappa shape index (κ2) is 3.19. The Hall–Kier alpha value is 0.0400. The van der Waals surface area contributed by atoms with Crippen molar-refractivity contribution in [2.45, 2.75) is 12.3 Å². The van der Waals surface area contributed by atoms with E-state index in [0.717, 1.165) is 16.3 Å². The van der Waals surface area contributed by atoms with Crippen molar-refractivity contribution >= 4 is 27.7 Å². The van der Waals surface area contributed by atoms with Gasteiger partial charge in [-0.2, -0.15) is 11.8 Å². The molecule has 0 aromatic carbocycles. The van der Waals surface area contributed by atoms with Gasteiger partial charge in [-0.1, -0.05) is 0 Å². The van der Waals surface area contributed by atoms with Crippen LogP contribution in [0.5, 0.6) is 0 Å². The summed E-state index contributed by atoms with van der Waals surface area (Å²) < 4.78 is 6.10. The van der Waals surface area contributed by atoms with E-state index in [1.165, 1.54) is 12.2 Å². The lowest BCUT2D eigenvalue weighted by Crippen LogP contribution is -1.95. The molecule has 0 amide bonds. The molecule has 0 radical (unpaired) electrons. The first-order valence-corrected chi connectivity index (χ1v) is 5.50. The number of hydrogen-bond acceptors (Lipinski definition) is 3. The smallest absolute Gasteiger partial charge is 0.199 e. The number of aromatic nitrogens is 1. The van der Waals surface area contributed by atoms with E-state index in [4.69, 9.17) is 4.42 Å². The maximum Gasteiger partial charge on any atom is 0.199 e. The van der Waals surface area contributed by atoms with Crippen LogP contribution < -0.4 is 0 Å². The van der Waals surface area contributed by atoms with E-state index in [-0.39, 0.29) is 0 Å². The standard InChI is InChI=1S/C7H8BrNOS/c8-6-3-9-7(10-6)5-1-2-11-4-5/h3,5H,1-2,4H2. The largest absolute Gasteiger partial charge is 0.434 e. The molecule has 60 valence electrons.